The highest BCUT2D eigenvalue weighted by atomic mass is 32.1. The number of rotatable bonds is 4. The van der Waals surface area contributed by atoms with E-state index in [9.17, 15) is 0 Å². The number of hydrogen-bond donors (Lipinski definition) is 1. The summed E-state index contributed by atoms with van der Waals surface area (Å²) >= 11 is 5.28. The molecule has 4 rings (SSSR count). The summed E-state index contributed by atoms with van der Waals surface area (Å²) in [6.07, 6.45) is 3.33. The fourth-order valence-corrected chi connectivity index (χ4v) is 2.92. The summed E-state index contributed by atoms with van der Waals surface area (Å²) in [5, 5.41) is 16.1. The van der Waals surface area contributed by atoms with Crippen molar-refractivity contribution in [1.82, 2.24) is 24.7 Å². The van der Waals surface area contributed by atoms with E-state index < -0.39 is 0 Å². The van der Waals surface area contributed by atoms with Crippen LogP contribution < -0.4 is 0 Å². The monoisotopic (exact) mass is 364 g/mol. The summed E-state index contributed by atoms with van der Waals surface area (Å²) in [5.74, 6) is 1.10. The van der Waals surface area contributed by atoms with E-state index in [1.807, 2.05) is 48.9 Å². The maximum absolute atomic E-state index is 5.40. The fraction of sp³-hybridized carbons (Fsp3) is 0.111. The van der Waals surface area contributed by atoms with E-state index in [0.717, 1.165) is 22.6 Å². The molecule has 8 heteroatoms. The van der Waals surface area contributed by atoms with E-state index in [4.69, 9.17) is 16.6 Å². The Labute approximate surface area is 154 Å². The van der Waals surface area contributed by atoms with Crippen LogP contribution in [0.1, 0.15) is 17.0 Å². The van der Waals surface area contributed by atoms with Gasteiger partial charge in [-0.2, -0.15) is 14.9 Å². The lowest BCUT2D eigenvalue weighted by molar-refractivity contribution is 0.573. The minimum Gasteiger partial charge on any atom is -0.461 e. The third kappa shape index (κ3) is 2.80. The normalized spacial score (nSPS) is 11.5. The smallest absolute Gasteiger partial charge is 0.219 e. The summed E-state index contributed by atoms with van der Waals surface area (Å²) in [4.78, 5) is 0. The lowest BCUT2D eigenvalue weighted by Crippen LogP contribution is -1.99. The number of aryl methyl sites for hydroxylation is 1. The van der Waals surface area contributed by atoms with Crippen LogP contribution >= 0.6 is 12.2 Å². The van der Waals surface area contributed by atoms with Crippen molar-refractivity contribution in [1.29, 1.82) is 0 Å². The molecular weight excluding hydrogens is 348 g/mol. The van der Waals surface area contributed by atoms with Crippen LogP contribution in [0, 0.1) is 18.6 Å². The number of hydrogen-bond acceptors (Lipinski definition) is 5. The van der Waals surface area contributed by atoms with Gasteiger partial charge in [-0.15, -0.1) is 5.10 Å². The molecule has 130 valence electrons. The Hall–Kier alpha value is -3.26. The summed E-state index contributed by atoms with van der Waals surface area (Å²) in [5.41, 5.74) is 3.81. The topological polar surface area (TPSA) is 76.9 Å². The highest BCUT2D eigenvalue weighted by Crippen LogP contribution is 2.19. The first kappa shape index (κ1) is 16.2. The molecule has 1 N–H and O–H groups in total. The first-order chi connectivity index (χ1) is 12.6. The predicted molar refractivity (Wildman–Crippen MR) is 101 cm³/mol. The zero-order valence-electron chi connectivity index (χ0n) is 14.2. The molecule has 3 aromatic heterocycles. The van der Waals surface area contributed by atoms with Crippen molar-refractivity contribution in [3.05, 3.63) is 70.5 Å². The molecule has 0 unspecified atom stereocenters. The van der Waals surface area contributed by atoms with Crippen LogP contribution in [0.3, 0.4) is 0 Å². The van der Waals surface area contributed by atoms with Crippen LogP contribution in [-0.4, -0.2) is 30.9 Å². The summed E-state index contributed by atoms with van der Waals surface area (Å²) in [6.45, 7) is 3.96. The number of H-pyrrole nitrogens is 1. The Morgan fingerprint density at radius 3 is 2.69 bits per heavy atom. The molecule has 26 heavy (non-hydrogen) atoms. The Bertz CT molecular complexity index is 1120. The van der Waals surface area contributed by atoms with Gasteiger partial charge in [-0.1, -0.05) is 18.2 Å². The lowest BCUT2D eigenvalue weighted by atomic mass is 10.2. The predicted octanol–water partition coefficient (Wildman–Crippen LogP) is 3.89. The number of aromatic nitrogens is 5. The fourth-order valence-electron chi connectivity index (χ4n) is 2.74. The minimum absolute atomic E-state index is 0.387. The number of aromatic amines is 1. The van der Waals surface area contributed by atoms with E-state index in [0.29, 0.717) is 16.4 Å². The van der Waals surface area contributed by atoms with Crippen LogP contribution in [0.5, 0.6) is 0 Å². The Kier molecular flexibility index (Phi) is 4.10. The minimum atomic E-state index is 0.387. The molecule has 0 saturated carbocycles. The number of furan rings is 1. The number of nitrogens with one attached hydrogen (secondary N) is 1. The molecular formula is C18H16N6OS. The standard InChI is InChI=1S/C18H16N6OS/c1-12-15(13(2)23(22-12)14-7-4-3-5-8-14)11-19-24-17(20-21-18(24)26)16-9-6-10-25-16/h3-11H,1-2H3,(H,21,26). The van der Waals surface area contributed by atoms with Gasteiger partial charge in [0.2, 0.25) is 10.6 Å². The van der Waals surface area contributed by atoms with E-state index in [-0.39, 0.29) is 0 Å². The second-order valence-corrected chi connectivity index (χ2v) is 6.10. The first-order valence-corrected chi connectivity index (χ1v) is 8.43. The second-order valence-electron chi connectivity index (χ2n) is 5.72. The zero-order chi connectivity index (χ0) is 18.1. The van der Waals surface area contributed by atoms with Gasteiger partial charge in [0, 0.05) is 5.56 Å². The quantitative estimate of drug-likeness (QED) is 0.440. The van der Waals surface area contributed by atoms with Crippen molar-refractivity contribution >= 4 is 18.4 Å². The molecule has 3 heterocycles. The third-order valence-electron chi connectivity index (χ3n) is 4.04. The summed E-state index contributed by atoms with van der Waals surface area (Å²) in [7, 11) is 0. The van der Waals surface area contributed by atoms with Gasteiger partial charge in [0.05, 0.1) is 29.6 Å². The maximum Gasteiger partial charge on any atom is 0.219 e. The molecule has 0 spiro atoms. The molecule has 7 nitrogen and oxygen atoms in total. The third-order valence-corrected chi connectivity index (χ3v) is 4.31. The Morgan fingerprint density at radius 2 is 1.96 bits per heavy atom. The average Bonchev–Trinajstić information content (AvgIpc) is 3.36. The summed E-state index contributed by atoms with van der Waals surface area (Å²) in [6, 6.07) is 13.6. The molecule has 0 aliphatic heterocycles. The van der Waals surface area contributed by atoms with Gasteiger partial charge < -0.3 is 4.42 Å². The molecule has 4 aromatic rings. The molecule has 1 aromatic carbocycles. The van der Waals surface area contributed by atoms with Gasteiger partial charge >= 0.3 is 0 Å². The van der Waals surface area contributed by atoms with Crippen LogP contribution in [0.15, 0.2) is 58.2 Å². The largest absolute Gasteiger partial charge is 0.461 e. The van der Waals surface area contributed by atoms with Crippen molar-refractivity contribution in [2.75, 3.05) is 0 Å². The van der Waals surface area contributed by atoms with Gasteiger partial charge in [-0.05, 0) is 50.3 Å². The van der Waals surface area contributed by atoms with Gasteiger partial charge in [-0.25, -0.2) is 9.78 Å². The summed E-state index contributed by atoms with van der Waals surface area (Å²) < 4.78 is 9.22. The van der Waals surface area contributed by atoms with Gasteiger partial charge in [0.1, 0.15) is 0 Å². The molecule has 0 amide bonds. The zero-order valence-corrected chi connectivity index (χ0v) is 15.1. The van der Waals surface area contributed by atoms with E-state index in [2.05, 4.69) is 20.4 Å². The maximum atomic E-state index is 5.40. The Balaban J connectivity index is 1.75. The number of para-hydroxylation sites is 1. The van der Waals surface area contributed by atoms with Crippen molar-refractivity contribution in [2.45, 2.75) is 13.8 Å². The van der Waals surface area contributed by atoms with E-state index in [1.165, 1.54) is 4.68 Å². The van der Waals surface area contributed by atoms with Crippen molar-refractivity contribution < 1.29 is 4.42 Å². The highest BCUT2D eigenvalue weighted by Gasteiger charge is 2.13. The van der Waals surface area contributed by atoms with E-state index >= 15 is 0 Å². The average molecular weight is 364 g/mol. The van der Waals surface area contributed by atoms with Crippen LogP contribution in [0.25, 0.3) is 17.3 Å². The molecule has 0 fully saturated rings. The highest BCUT2D eigenvalue weighted by molar-refractivity contribution is 7.71. The number of benzene rings is 1. The number of nitrogens with zero attached hydrogens (tertiary/aromatic N) is 5. The van der Waals surface area contributed by atoms with Crippen LogP contribution in [0.2, 0.25) is 0 Å². The first-order valence-electron chi connectivity index (χ1n) is 8.02. The molecule has 0 aliphatic rings. The molecule has 0 saturated heterocycles. The second kappa shape index (κ2) is 6.57. The molecule has 0 radical (unpaired) electrons. The molecule has 0 aliphatic carbocycles. The van der Waals surface area contributed by atoms with Crippen molar-refractivity contribution in [2.24, 2.45) is 5.10 Å². The van der Waals surface area contributed by atoms with Gasteiger partial charge in [0.15, 0.2) is 5.76 Å². The van der Waals surface area contributed by atoms with Crippen LogP contribution in [-0.2, 0) is 0 Å². The lowest BCUT2D eigenvalue weighted by Gasteiger charge is -2.03. The van der Waals surface area contributed by atoms with Crippen molar-refractivity contribution in [3.8, 4) is 17.3 Å². The Morgan fingerprint density at radius 1 is 1.15 bits per heavy atom. The molecule has 0 bridgehead atoms. The van der Waals surface area contributed by atoms with Crippen molar-refractivity contribution in [3.63, 3.8) is 0 Å². The molecule has 0 atom stereocenters. The van der Waals surface area contributed by atoms with Crippen LogP contribution in [0.4, 0.5) is 0 Å². The SMILES string of the molecule is Cc1nn(-c2ccccc2)c(C)c1C=Nn1c(-c2ccco2)n[nH]c1=S. The van der Waals surface area contributed by atoms with Gasteiger partial charge in [-0.3, -0.25) is 0 Å². The van der Waals surface area contributed by atoms with Gasteiger partial charge in [0.25, 0.3) is 0 Å². The van der Waals surface area contributed by atoms with E-state index in [1.54, 1.807) is 24.6 Å².